The van der Waals surface area contributed by atoms with E-state index in [0.29, 0.717) is 15.0 Å². The summed E-state index contributed by atoms with van der Waals surface area (Å²) in [5.74, 6) is -1.46. The number of halogens is 1. The third kappa shape index (κ3) is 3.17. The lowest BCUT2D eigenvalue weighted by Crippen LogP contribution is -2.35. The molecule has 0 saturated heterocycles. The highest BCUT2D eigenvalue weighted by molar-refractivity contribution is 9.10. The van der Waals surface area contributed by atoms with Gasteiger partial charge in [0.1, 0.15) is 17.2 Å². The fraction of sp³-hybridized carbons (Fsp3) is 0.0769. The Labute approximate surface area is 127 Å². The summed E-state index contributed by atoms with van der Waals surface area (Å²) in [6, 6.07) is 7.53. The normalized spacial score (nSPS) is 10.2. The van der Waals surface area contributed by atoms with Gasteiger partial charge in [-0.3, -0.25) is 14.5 Å². The number of aliphatic carboxylic acids is 1. The number of benzene rings is 1. The van der Waals surface area contributed by atoms with Crippen molar-refractivity contribution in [1.82, 2.24) is 0 Å². The topological polar surface area (TPSA) is 77.8 Å². The molecule has 7 heteroatoms. The van der Waals surface area contributed by atoms with Crippen molar-refractivity contribution in [1.29, 1.82) is 0 Å². The van der Waals surface area contributed by atoms with Crippen LogP contribution in [0.25, 0.3) is 0 Å². The zero-order valence-corrected chi connectivity index (χ0v) is 12.5. The summed E-state index contributed by atoms with van der Waals surface area (Å²) in [6.45, 7) is -0.450. The molecule has 0 saturated carbocycles. The summed E-state index contributed by atoms with van der Waals surface area (Å²) < 4.78 is 0.627. The highest BCUT2D eigenvalue weighted by Gasteiger charge is 2.23. The van der Waals surface area contributed by atoms with Crippen LogP contribution in [0.5, 0.6) is 5.75 Å². The minimum Gasteiger partial charge on any atom is -0.508 e. The Morgan fingerprint density at radius 2 is 1.85 bits per heavy atom. The van der Waals surface area contributed by atoms with Crippen LogP contribution in [0.1, 0.15) is 9.67 Å². The first-order valence-corrected chi connectivity index (χ1v) is 7.22. The van der Waals surface area contributed by atoms with Crippen LogP contribution in [0.3, 0.4) is 0 Å². The number of phenols is 1. The highest BCUT2D eigenvalue weighted by atomic mass is 79.9. The van der Waals surface area contributed by atoms with E-state index in [9.17, 15) is 14.7 Å². The first kappa shape index (κ1) is 14.5. The number of hydrogen-bond donors (Lipinski definition) is 2. The number of anilines is 1. The van der Waals surface area contributed by atoms with Crippen LogP contribution in [0.15, 0.2) is 40.2 Å². The van der Waals surface area contributed by atoms with E-state index in [1.807, 2.05) is 0 Å². The van der Waals surface area contributed by atoms with Crippen LogP contribution in [0, 0.1) is 0 Å². The highest BCUT2D eigenvalue weighted by Crippen LogP contribution is 2.27. The zero-order chi connectivity index (χ0) is 14.7. The summed E-state index contributed by atoms with van der Waals surface area (Å²) in [5, 5.41) is 20.0. The molecule has 0 aliphatic carbocycles. The number of amides is 1. The average molecular weight is 356 g/mol. The van der Waals surface area contributed by atoms with Gasteiger partial charge in [-0.05, 0) is 51.6 Å². The smallest absolute Gasteiger partial charge is 0.323 e. The van der Waals surface area contributed by atoms with Crippen LogP contribution < -0.4 is 4.90 Å². The van der Waals surface area contributed by atoms with E-state index in [1.165, 1.54) is 35.6 Å². The number of carboxylic acid groups (broad SMARTS) is 1. The number of carbonyl (C=O) groups excluding carboxylic acids is 1. The van der Waals surface area contributed by atoms with Crippen LogP contribution in [-0.2, 0) is 4.79 Å². The van der Waals surface area contributed by atoms with E-state index >= 15 is 0 Å². The van der Waals surface area contributed by atoms with Crippen molar-refractivity contribution in [3.63, 3.8) is 0 Å². The van der Waals surface area contributed by atoms with E-state index < -0.39 is 18.4 Å². The van der Waals surface area contributed by atoms with Gasteiger partial charge in [0.2, 0.25) is 0 Å². The van der Waals surface area contributed by atoms with Crippen molar-refractivity contribution in [3.05, 3.63) is 45.1 Å². The van der Waals surface area contributed by atoms with Gasteiger partial charge in [-0.1, -0.05) is 0 Å². The monoisotopic (exact) mass is 355 g/mol. The Bertz CT molecular complexity index is 638. The summed E-state index contributed by atoms with van der Waals surface area (Å²) in [4.78, 5) is 25.0. The molecule has 2 rings (SSSR count). The second-order valence-electron chi connectivity index (χ2n) is 3.90. The maximum absolute atomic E-state index is 12.4. The fourth-order valence-corrected chi connectivity index (χ4v) is 3.11. The Hall–Kier alpha value is -1.86. The molecule has 0 bridgehead atoms. The first-order chi connectivity index (χ1) is 9.49. The number of phenolic OH excluding ortho intramolecular Hbond substituents is 1. The molecule has 0 aliphatic heterocycles. The molecule has 1 aromatic heterocycles. The van der Waals surface area contributed by atoms with Crippen LogP contribution >= 0.6 is 27.3 Å². The summed E-state index contributed by atoms with van der Waals surface area (Å²) in [5.41, 5.74) is 0.413. The molecule has 0 fully saturated rings. The van der Waals surface area contributed by atoms with Crippen molar-refractivity contribution in [2.45, 2.75) is 0 Å². The molecule has 0 unspecified atom stereocenters. The number of carboxylic acids is 1. The van der Waals surface area contributed by atoms with Crippen LogP contribution in [0.4, 0.5) is 5.69 Å². The Morgan fingerprint density at radius 1 is 1.20 bits per heavy atom. The van der Waals surface area contributed by atoms with E-state index in [2.05, 4.69) is 15.9 Å². The zero-order valence-electron chi connectivity index (χ0n) is 10.1. The first-order valence-electron chi connectivity index (χ1n) is 5.54. The fourth-order valence-electron chi connectivity index (χ4n) is 1.62. The summed E-state index contributed by atoms with van der Waals surface area (Å²) in [6.07, 6.45) is 0. The number of rotatable bonds is 4. The summed E-state index contributed by atoms with van der Waals surface area (Å²) in [7, 11) is 0. The lowest BCUT2D eigenvalue weighted by Gasteiger charge is -2.20. The second kappa shape index (κ2) is 6.06. The number of aromatic hydroxyl groups is 1. The van der Waals surface area contributed by atoms with Crippen molar-refractivity contribution < 1.29 is 19.8 Å². The van der Waals surface area contributed by atoms with E-state index in [0.717, 1.165) is 4.90 Å². The Kier molecular flexibility index (Phi) is 4.41. The van der Waals surface area contributed by atoms with Gasteiger partial charge in [-0.2, -0.15) is 0 Å². The predicted octanol–water partition coefficient (Wildman–Crippen LogP) is 2.95. The molecular formula is C13H10BrNO4S. The van der Waals surface area contributed by atoms with E-state index in [-0.39, 0.29) is 5.75 Å². The third-order valence-corrected chi connectivity index (χ3v) is 4.34. The lowest BCUT2D eigenvalue weighted by molar-refractivity contribution is -0.135. The lowest BCUT2D eigenvalue weighted by atomic mass is 10.2. The van der Waals surface area contributed by atoms with Gasteiger partial charge in [0.15, 0.2) is 0 Å². The third-order valence-electron chi connectivity index (χ3n) is 2.51. The van der Waals surface area contributed by atoms with E-state index in [1.54, 1.807) is 11.4 Å². The van der Waals surface area contributed by atoms with Gasteiger partial charge in [0.25, 0.3) is 5.91 Å². The van der Waals surface area contributed by atoms with Gasteiger partial charge in [-0.15, -0.1) is 11.3 Å². The van der Waals surface area contributed by atoms with Crippen molar-refractivity contribution in [2.75, 3.05) is 11.4 Å². The molecule has 0 spiro atoms. The van der Waals surface area contributed by atoms with Gasteiger partial charge in [-0.25, -0.2) is 0 Å². The van der Waals surface area contributed by atoms with Crippen molar-refractivity contribution in [3.8, 4) is 5.75 Å². The number of carbonyl (C=O) groups is 2. The maximum atomic E-state index is 12.4. The average Bonchev–Trinajstić information content (AvgIpc) is 2.82. The predicted molar refractivity (Wildman–Crippen MR) is 79.4 cm³/mol. The quantitative estimate of drug-likeness (QED) is 0.883. The van der Waals surface area contributed by atoms with Crippen LogP contribution in [0.2, 0.25) is 0 Å². The van der Waals surface area contributed by atoms with Gasteiger partial charge < -0.3 is 10.2 Å². The van der Waals surface area contributed by atoms with Crippen molar-refractivity contribution >= 4 is 44.8 Å². The molecule has 20 heavy (non-hydrogen) atoms. The number of thiophene rings is 1. The molecule has 1 amide bonds. The van der Waals surface area contributed by atoms with Gasteiger partial charge in [0.05, 0.1) is 0 Å². The van der Waals surface area contributed by atoms with Crippen LogP contribution in [-0.4, -0.2) is 28.6 Å². The SMILES string of the molecule is O=C(O)CN(C(=O)c1sccc1Br)c1ccc(O)cc1. The molecule has 104 valence electrons. The molecule has 1 heterocycles. The Morgan fingerprint density at radius 3 is 2.35 bits per heavy atom. The molecule has 0 atom stereocenters. The number of hydrogen-bond acceptors (Lipinski definition) is 4. The summed E-state index contributed by atoms with van der Waals surface area (Å²) >= 11 is 4.49. The molecule has 1 aromatic carbocycles. The van der Waals surface area contributed by atoms with Crippen molar-refractivity contribution in [2.24, 2.45) is 0 Å². The second-order valence-corrected chi connectivity index (χ2v) is 5.67. The van der Waals surface area contributed by atoms with E-state index in [4.69, 9.17) is 5.11 Å². The number of nitrogens with zero attached hydrogens (tertiary/aromatic N) is 1. The molecule has 2 aromatic rings. The molecule has 2 N–H and O–H groups in total. The molecular weight excluding hydrogens is 346 g/mol. The largest absolute Gasteiger partial charge is 0.508 e. The molecule has 0 aliphatic rings. The Balaban J connectivity index is 2.37. The minimum absolute atomic E-state index is 0.0498. The van der Waals surface area contributed by atoms with Gasteiger partial charge in [0, 0.05) is 10.2 Å². The molecule has 5 nitrogen and oxygen atoms in total. The minimum atomic E-state index is -1.11. The maximum Gasteiger partial charge on any atom is 0.323 e. The standard InChI is InChI=1S/C13H10BrNO4S/c14-10-5-6-20-12(10)13(19)15(7-11(17)18)8-1-3-9(16)4-2-8/h1-6,16H,7H2,(H,17,18). The molecule has 0 radical (unpaired) electrons. The van der Waals surface area contributed by atoms with Gasteiger partial charge >= 0.3 is 5.97 Å².